The van der Waals surface area contributed by atoms with Crippen LogP contribution >= 0.6 is 0 Å². The van der Waals surface area contributed by atoms with Gasteiger partial charge < -0.3 is 9.47 Å². The molecule has 0 aliphatic rings. The van der Waals surface area contributed by atoms with Gasteiger partial charge in [0.1, 0.15) is 0 Å². The minimum atomic E-state index is -0.0725. The van der Waals surface area contributed by atoms with Crippen LogP contribution in [0, 0.1) is 6.92 Å². The van der Waals surface area contributed by atoms with Crippen LogP contribution in [-0.2, 0) is 9.47 Å². The van der Waals surface area contributed by atoms with E-state index in [1.54, 1.807) is 0 Å². The van der Waals surface area contributed by atoms with E-state index in [2.05, 4.69) is 6.92 Å². The SMILES string of the molecule is [CH2]CCOC(C)OCC.[HH].[Li]. The Labute approximate surface area is 76.9 Å². The molecule has 0 rings (SSSR count). The molecule has 0 aromatic rings. The van der Waals surface area contributed by atoms with E-state index in [-0.39, 0.29) is 26.6 Å². The Balaban J connectivity index is -0.000000320. The fourth-order valence-electron chi connectivity index (χ4n) is 0.532. The van der Waals surface area contributed by atoms with Gasteiger partial charge in [0.05, 0.1) is 0 Å². The molecule has 0 saturated carbocycles. The van der Waals surface area contributed by atoms with Crippen LogP contribution in [0.2, 0.25) is 0 Å². The molecule has 0 saturated heterocycles. The van der Waals surface area contributed by atoms with Crippen molar-refractivity contribution < 1.29 is 10.9 Å². The Morgan fingerprint density at radius 2 is 2.10 bits per heavy atom. The van der Waals surface area contributed by atoms with Crippen molar-refractivity contribution in [2.45, 2.75) is 26.6 Å². The third-order valence-electron chi connectivity index (χ3n) is 0.898. The van der Waals surface area contributed by atoms with Gasteiger partial charge in [-0.1, -0.05) is 6.92 Å². The smallest absolute Gasteiger partial charge is 0.154 e. The molecule has 0 aromatic carbocycles. The van der Waals surface area contributed by atoms with Crippen molar-refractivity contribution in [2.24, 2.45) is 0 Å². The number of rotatable bonds is 5. The quantitative estimate of drug-likeness (QED) is 0.425. The van der Waals surface area contributed by atoms with E-state index in [9.17, 15) is 0 Å². The molecule has 0 spiro atoms. The molecule has 0 N–H and O–H groups in total. The molecule has 0 bridgehead atoms. The second-order valence-corrected chi connectivity index (χ2v) is 1.75. The third kappa shape index (κ3) is 8.52. The van der Waals surface area contributed by atoms with Gasteiger partial charge in [-0.3, -0.25) is 0 Å². The van der Waals surface area contributed by atoms with Crippen molar-refractivity contribution in [3.05, 3.63) is 6.92 Å². The Morgan fingerprint density at radius 3 is 2.50 bits per heavy atom. The van der Waals surface area contributed by atoms with E-state index in [4.69, 9.17) is 9.47 Å². The molecular weight excluding hydrogens is 123 g/mol. The zero-order valence-corrected chi connectivity index (χ0v) is 7.22. The second-order valence-electron chi connectivity index (χ2n) is 1.75. The van der Waals surface area contributed by atoms with Crippen LogP contribution in [0.15, 0.2) is 0 Å². The average Bonchev–Trinajstić information content (AvgIpc) is 1.85. The normalized spacial score (nSPS) is 12.3. The van der Waals surface area contributed by atoms with Crippen molar-refractivity contribution >= 4 is 18.9 Å². The predicted octanol–water partition coefficient (Wildman–Crippen LogP) is 1.47. The van der Waals surface area contributed by atoms with Crippen LogP contribution < -0.4 is 0 Å². The average molecular weight is 140 g/mol. The number of hydrogen-bond acceptors (Lipinski definition) is 2. The van der Waals surface area contributed by atoms with Gasteiger partial charge in [0.25, 0.3) is 0 Å². The molecular formula is C7H17LiO2. The van der Waals surface area contributed by atoms with Gasteiger partial charge in [0, 0.05) is 33.5 Å². The number of hydrogen-bond donors (Lipinski definition) is 0. The topological polar surface area (TPSA) is 18.5 Å². The zero-order valence-electron chi connectivity index (χ0n) is 7.22. The summed E-state index contributed by atoms with van der Waals surface area (Å²) in [4.78, 5) is 0. The first-order valence-corrected chi connectivity index (χ1v) is 3.33. The largest absolute Gasteiger partial charge is 0.353 e. The van der Waals surface area contributed by atoms with Gasteiger partial charge in [-0.05, 0) is 20.3 Å². The van der Waals surface area contributed by atoms with E-state index < -0.39 is 0 Å². The first-order valence-electron chi connectivity index (χ1n) is 3.33. The maximum atomic E-state index is 5.15. The molecule has 10 heavy (non-hydrogen) atoms. The van der Waals surface area contributed by atoms with Gasteiger partial charge in [-0.25, -0.2) is 0 Å². The molecule has 2 nitrogen and oxygen atoms in total. The fraction of sp³-hybridized carbons (Fsp3) is 0.857. The van der Waals surface area contributed by atoms with Crippen LogP contribution in [0.4, 0.5) is 0 Å². The molecule has 3 heteroatoms. The molecule has 1 atom stereocenters. The summed E-state index contributed by atoms with van der Waals surface area (Å²) in [6, 6.07) is 0. The minimum absolute atomic E-state index is 0. The van der Waals surface area contributed by atoms with Crippen molar-refractivity contribution in [3.63, 3.8) is 0 Å². The molecule has 0 aliphatic heterocycles. The minimum Gasteiger partial charge on any atom is -0.353 e. The van der Waals surface area contributed by atoms with E-state index in [1.165, 1.54) is 0 Å². The number of ether oxygens (including phenoxy) is 2. The molecule has 1 unspecified atom stereocenters. The summed E-state index contributed by atoms with van der Waals surface area (Å²) in [6.07, 6.45) is 0.731. The van der Waals surface area contributed by atoms with Crippen LogP contribution in [0.1, 0.15) is 21.7 Å². The van der Waals surface area contributed by atoms with Gasteiger partial charge in [0.2, 0.25) is 0 Å². The van der Waals surface area contributed by atoms with Crippen LogP contribution in [-0.4, -0.2) is 38.4 Å². The monoisotopic (exact) mass is 140 g/mol. The Hall–Kier alpha value is 0.517. The molecule has 0 aromatic heterocycles. The van der Waals surface area contributed by atoms with Crippen LogP contribution in [0.25, 0.3) is 0 Å². The summed E-state index contributed by atoms with van der Waals surface area (Å²) < 4.78 is 10.2. The van der Waals surface area contributed by atoms with E-state index >= 15 is 0 Å². The summed E-state index contributed by atoms with van der Waals surface area (Å²) in [5, 5.41) is 0. The van der Waals surface area contributed by atoms with Gasteiger partial charge >= 0.3 is 0 Å². The van der Waals surface area contributed by atoms with Gasteiger partial charge in [0.15, 0.2) is 6.29 Å². The van der Waals surface area contributed by atoms with Gasteiger partial charge in [-0.15, -0.1) is 0 Å². The molecule has 58 valence electrons. The van der Waals surface area contributed by atoms with Crippen molar-refractivity contribution in [1.29, 1.82) is 0 Å². The predicted molar refractivity (Wildman–Crippen MR) is 44.9 cm³/mol. The van der Waals surface area contributed by atoms with E-state index in [1.807, 2.05) is 13.8 Å². The fourth-order valence-corrected chi connectivity index (χ4v) is 0.532. The summed E-state index contributed by atoms with van der Waals surface area (Å²) in [5.74, 6) is 0. The summed E-state index contributed by atoms with van der Waals surface area (Å²) in [7, 11) is 0. The standard InChI is InChI=1S/C7H15O2.Li.H2/c1-4-6-9-7(3)8-5-2;;/h7H,1,4-6H2,2-3H3;;1H. The van der Waals surface area contributed by atoms with Crippen LogP contribution in [0.5, 0.6) is 0 Å². The molecule has 0 fully saturated rings. The van der Waals surface area contributed by atoms with E-state index in [0.717, 1.165) is 6.42 Å². The zero-order chi connectivity index (χ0) is 7.11. The first-order chi connectivity index (χ1) is 4.31. The molecule has 0 amide bonds. The summed E-state index contributed by atoms with van der Waals surface area (Å²) in [5.41, 5.74) is 0. The Kier molecular flexibility index (Phi) is 12.5. The second kappa shape index (κ2) is 9.52. The molecule has 0 aliphatic carbocycles. The molecule has 0 heterocycles. The van der Waals surface area contributed by atoms with Crippen molar-refractivity contribution in [2.75, 3.05) is 13.2 Å². The van der Waals surface area contributed by atoms with Crippen molar-refractivity contribution in [1.82, 2.24) is 0 Å². The Morgan fingerprint density at radius 1 is 1.50 bits per heavy atom. The maximum Gasteiger partial charge on any atom is 0.154 e. The first kappa shape index (κ1) is 13.1. The maximum absolute atomic E-state index is 5.15. The van der Waals surface area contributed by atoms with Crippen LogP contribution in [0.3, 0.4) is 0 Å². The summed E-state index contributed by atoms with van der Waals surface area (Å²) >= 11 is 0. The van der Waals surface area contributed by atoms with Crippen molar-refractivity contribution in [3.8, 4) is 0 Å². The van der Waals surface area contributed by atoms with Gasteiger partial charge in [-0.2, -0.15) is 0 Å². The third-order valence-corrected chi connectivity index (χ3v) is 0.898. The Bertz CT molecular complexity index is 64.4. The molecule has 2 radical (unpaired) electrons. The summed E-state index contributed by atoms with van der Waals surface area (Å²) in [6.45, 7) is 8.86. The van der Waals surface area contributed by atoms with E-state index in [0.29, 0.717) is 13.2 Å².